The van der Waals surface area contributed by atoms with Crippen LogP contribution in [-0.2, 0) is 17.8 Å². The topological polar surface area (TPSA) is 67.3 Å². The van der Waals surface area contributed by atoms with Crippen LogP contribution >= 0.6 is 0 Å². The van der Waals surface area contributed by atoms with Crippen molar-refractivity contribution >= 4 is 5.91 Å². The van der Waals surface area contributed by atoms with Crippen molar-refractivity contribution in [2.24, 2.45) is 0 Å². The van der Waals surface area contributed by atoms with Crippen molar-refractivity contribution in [2.75, 3.05) is 19.6 Å². The highest BCUT2D eigenvalue weighted by atomic mass is 16.5. The second-order valence-electron chi connectivity index (χ2n) is 8.26. The van der Waals surface area contributed by atoms with Gasteiger partial charge < -0.3 is 15.0 Å². The van der Waals surface area contributed by atoms with Gasteiger partial charge in [0.15, 0.2) is 6.10 Å². The molecular weight excluding hydrogens is 364 g/mol. The number of hydrogen-bond acceptors (Lipinski definition) is 5. The van der Waals surface area contributed by atoms with Gasteiger partial charge in [0.1, 0.15) is 11.6 Å². The largest absolute Gasteiger partial charge is 0.481 e. The minimum atomic E-state index is -0.521. The van der Waals surface area contributed by atoms with Gasteiger partial charge in [-0.25, -0.2) is 9.97 Å². The van der Waals surface area contributed by atoms with Crippen LogP contribution in [0.25, 0.3) is 0 Å². The minimum Gasteiger partial charge on any atom is -0.481 e. The number of aryl methyl sites for hydroxylation is 2. The molecule has 2 atom stereocenters. The summed E-state index contributed by atoms with van der Waals surface area (Å²) in [5.41, 5.74) is 4.52. The van der Waals surface area contributed by atoms with Gasteiger partial charge in [-0.2, -0.15) is 0 Å². The van der Waals surface area contributed by atoms with Gasteiger partial charge in [0.05, 0.1) is 5.69 Å². The van der Waals surface area contributed by atoms with E-state index < -0.39 is 6.10 Å². The highest BCUT2D eigenvalue weighted by molar-refractivity contribution is 5.81. The summed E-state index contributed by atoms with van der Waals surface area (Å²) in [5, 5.41) is 3.43. The summed E-state index contributed by atoms with van der Waals surface area (Å²) in [6.45, 7) is 9.20. The highest BCUT2D eigenvalue weighted by Crippen LogP contribution is 2.24. The Morgan fingerprint density at radius 2 is 2.17 bits per heavy atom. The monoisotopic (exact) mass is 394 g/mol. The molecule has 6 heteroatoms. The van der Waals surface area contributed by atoms with Crippen LogP contribution in [0.2, 0.25) is 0 Å². The maximum atomic E-state index is 12.9. The zero-order valence-electron chi connectivity index (χ0n) is 17.6. The lowest BCUT2D eigenvalue weighted by Crippen LogP contribution is -2.43. The maximum absolute atomic E-state index is 12.9. The molecule has 1 saturated heterocycles. The molecule has 6 nitrogen and oxygen atoms in total. The van der Waals surface area contributed by atoms with Crippen LogP contribution in [0.3, 0.4) is 0 Å². The van der Waals surface area contributed by atoms with E-state index in [4.69, 9.17) is 9.72 Å². The van der Waals surface area contributed by atoms with E-state index in [9.17, 15) is 4.79 Å². The van der Waals surface area contributed by atoms with Gasteiger partial charge in [0.25, 0.3) is 5.91 Å². The van der Waals surface area contributed by atoms with Gasteiger partial charge in [0.2, 0.25) is 0 Å². The second kappa shape index (κ2) is 8.49. The van der Waals surface area contributed by atoms with Crippen molar-refractivity contribution in [1.29, 1.82) is 0 Å². The predicted molar refractivity (Wildman–Crippen MR) is 112 cm³/mol. The number of rotatable bonds is 4. The van der Waals surface area contributed by atoms with E-state index in [2.05, 4.69) is 17.2 Å². The maximum Gasteiger partial charge on any atom is 0.263 e. The fourth-order valence-electron chi connectivity index (χ4n) is 4.09. The molecule has 2 aliphatic rings. The van der Waals surface area contributed by atoms with Crippen molar-refractivity contribution in [3.63, 3.8) is 0 Å². The Bertz CT molecular complexity index is 892. The molecule has 2 aromatic rings. The van der Waals surface area contributed by atoms with E-state index in [-0.39, 0.29) is 5.91 Å². The van der Waals surface area contributed by atoms with Gasteiger partial charge in [-0.15, -0.1) is 0 Å². The number of hydrogen-bond donors (Lipinski definition) is 1. The van der Waals surface area contributed by atoms with Gasteiger partial charge in [-0.3, -0.25) is 4.79 Å². The summed E-state index contributed by atoms with van der Waals surface area (Å²) < 4.78 is 5.92. The summed E-state index contributed by atoms with van der Waals surface area (Å²) >= 11 is 0. The van der Waals surface area contributed by atoms with Gasteiger partial charge in [-0.05, 0) is 63.4 Å². The number of carbonyl (C=O) groups excluding carboxylic acids is 1. The molecule has 0 saturated carbocycles. The summed E-state index contributed by atoms with van der Waals surface area (Å²) in [7, 11) is 0. The standard InChI is InChI=1S/C23H30N4O2/c1-15-6-7-20(11-16(15)2)29-17(3)23(28)27-10-8-21-19(14-27)13-25-22(26-21)18-5-4-9-24-12-18/h6-7,11,13,17-18,24H,4-5,8-10,12,14H2,1-3H3/t17-,18+/m0/s1. The Morgan fingerprint density at radius 1 is 1.31 bits per heavy atom. The van der Waals surface area contributed by atoms with Crippen LogP contribution in [0.1, 0.15) is 53.9 Å². The SMILES string of the molecule is Cc1ccc(O[C@@H](C)C(=O)N2CCc3nc([C@@H]4CCCNC4)ncc3C2)cc1C. The molecule has 4 rings (SSSR count). The van der Waals surface area contributed by atoms with Crippen LogP contribution in [0.15, 0.2) is 24.4 Å². The predicted octanol–water partition coefficient (Wildman–Crippen LogP) is 2.91. The lowest BCUT2D eigenvalue weighted by Gasteiger charge is -2.31. The van der Waals surface area contributed by atoms with Crippen LogP contribution in [0.5, 0.6) is 5.75 Å². The Labute approximate surface area is 172 Å². The quantitative estimate of drug-likeness (QED) is 0.864. The third-order valence-electron chi connectivity index (χ3n) is 6.07. The molecular formula is C23H30N4O2. The molecule has 0 bridgehead atoms. The molecule has 1 fully saturated rings. The molecule has 29 heavy (non-hydrogen) atoms. The number of ether oxygens (including phenoxy) is 1. The number of carbonyl (C=O) groups is 1. The number of nitrogens with zero attached hydrogens (tertiary/aromatic N) is 3. The van der Waals surface area contributed by atoms with Crippen LogP contribution in [0, 0.1) is 13.8 Å². The van der Waals surface area contributed by atoms with E-state index in [1.54, 1.807) is 0 Å². The minimum absolute atomic E-state index is 0.00874. The molecule has 1 amide bonds. The first-order valence-electron chi connectivity index (χ1n) is 10.6. The third-order valence-corrected chi connectivity index (χ3v) is 6.07. The average molecular weight is 395 g/mol. The van der Waals surface area contributed by atoms with Crippen molar-refractivity contribution < 1.29 is 9.53 Å². The van der Waals surface area contributed by atoms with E-state index in [1.807, 2.05) is 43.1 Å². The zero-order valence-corrected chi connectivity index (χ0v) is 17.6. The van der Waals surface area contributed by atoms with Crippen molar-refractivity contribution in [1.82, 2.24) is 20.2 Å². The summed E-state index contributed by atoms with van der Waals surface area (Å²) in [6.07, 6.45) is 4.48. The number of piperidine rings is 1. The normalized spacial score (nSPS) is 20.1. The van der Waals surface area contributed by atoms with Crippen LogP contribution in [-0.4, -0.2) is 46.5 Å². The first kappa shape index (κ1) is 19.8. The summed E-state index contributed by atoms with van der Waals surface area (Å²) in [4.78, 5) is 24.3. The Hall–Kier alpha value is -2.47. The fraction of sp³-hybridized carbons (Fsp3) is 0.522. The molecule has 0 unspecified atom stereocenters. The number of fused-ring (bicyclic) bond motifs is 1. The molecule has 0 radical (unpaired) electrons. The summed E-state index contributed by atoms with van der Waals surface area (Å²) in [5.74, 6) is 2.09. The molecule has 1 aromatic carbocycles. The Balaban J connectivity index is 1.40. The van der Waals surface area contributed by atoms with Crippen LogP contribution < -0.4 is 10.1 Å². The van der Waals surface area contributed by atoms with Crippen molar-refractivity contribution in [2.45, 2.75) is 58.6 Å². The van der Waals surface area contributed by atoms with E-state index in [0.717, 1.165) is 54.3 Å². The number of benzene rings is 1. The molecule has 1 N–H and O–H groups in total. The number of aromatic nitrogens is 2. The average Bonchev–Trinajstić information content (AvgIpc) is 2.75. The fourth-order valence-corrected chi connectivity index (χ4v) is 4.09. The van der Waals surface area contributed by atoms with Gasteiger partial charge in [-0.1, -0.05) is 6.07 Å². The molecule has 3 heterocycles. The van der Waals surface area contributed by atoms with Gasteiger partial charge in [0, 0.05) is 43.7 Å². The van der Waals surface area contributed by atoms with Crippen molar-refractivity contribution in [3.8, 4) is 5.75 Å². The molecule has 2 aliphatic heterocycles. The second-order valence-corrected chi connectivity index (χ2v) is 8.26. The highest BCUT2D eigenvalue weighted by Gasteiger charge is 2.28. The molecule has 0 aliphatic carbocycles. The molecule has 1 aromatic heterocycles. The first-order valence-corrected chi connectivity index (χ1v) is 10.6. The lowest BCUT2D eigenvalue weighted by atomic mass is 9.98. The Kier molecular flexibility index (Phi) is 5.81. The molecule has 154 valence electrons. The smallest absolute Gasteiger partial charge is 0.263 e. The Morgan fingerprint density at radius 3 is 2.93 bits per heavy atom. The molecule has 0 spiro atoms. The van der Waals surface area contributed by atoms with Gasteiger partial charge >= 0.3 is 0 Å². The first-order chi connectivity index (χ1) is 14.0. The van der Waals surface area contributed by atoms with E-state index >= 15 is 0 Å². The zero-order chi connectivity index (χ0) is 20.4. The number of nitrogens with one attached hydrogen (secondary N) is 1. The van der Waals surface area contributed by atoms with E-state index in [0.29, 0.717) is 19.0 Å². The summed E-state index contributed by atoms with van der Waals surface area (Å²) in [6, 6.07) is 5.93. The number of amides is 1. The van der Waals surface area contributed by atoms with Crippen molar-refractivity contribution in [3.05, 3.63) is 52.6 Å². The van der Waals surface area contributed by atoms with E-state index in [1.165, 1.54) is 12.0 Å². The third kappa shape index (κ3) is 4.42. The lowest BCUT2D eigenvalue weighted by molar-refractivity contribution is -0.138. The van der Waals surface area contributed by atoms with Crippen LogP contribution in [0.4, 0.5) is 0 Å².